The van der Waals surface area contributed by atoms with Crippen LogP contribution in [0.2, 0.25) is 5.02 Å². The summed E-state index contributed by atoms with van der Waals surface area (Å²) in [5.41, 5.74) is 2.38. The van der Waals surface area contributed by atoms with Gasteiger partial charge in [-0.1, -0.05) is 29.3 Å². The molecule has 0 aliphatic carbocycles. The van der Waals surface area contributed by atoms with Crippen molar-refractivity contribution in [2.24, 2.45) is 0 Å². The Morgan fingerprint density at radius 1 is 1.14 bits per heavy atom. The maximum absolute atomic E-state index is 12.3. The molecule has 0 aliphatic rings. The Bertz CT molecular complexity index is 916. The number of halogens is 1. The number of benzene rings is 2. The monoisotopic (exact) mass is 440 g/mol. The number of carbonyl (C=O) groups is 1. The molecule has 0 atom stereocenters. The molecule has 0 radical (unpaired) electrons. The van der Waals surface area contributed by atoms with E-state index in [9.17, 15) is 13.2 Å². The molecule has 8 heteroatoms. The van der Waals surface area contributed by atoms with Gasteiger partial charge in [-0.3, -0.25) is 9.10 Å². The Kier molecular flexibility index (Phi) is 8.22. The summed E-state index contributed by atoms with van der Waals surface area (Å²) in [6.45, 7) is 4.05. The van der Waals surface area contributed by atoms with Crippen LogP contribution in [-0.2, 0) is 14.8 Å². The molecule has 2 aromatic carbocycles. The van der Waals surface area contributed by atoms with Crippen LogP contribution in [0.4, 0.5) is 5.69 Å². The molecule has 0 bridgehead atoms. The second-order valence-corrected chi connectivity index (χ2v) is 10.1. The number of rotatable bonds is 9. The molecule has 1 amide bonds. The van der Waals surface area contributed by atoms with Gasteiger partial charge in [0, 0.05) is 16.5 Å². The molecule has 0 saturated carbocycles. The molecule has 0 aromatic heterocycles. The van der Waals surface area contributed by atoms with E-state index in [1.165, 1.54) is 10.5 Å². The molecule has 2 aromatic rings. The SMILES string of the molecule is Cc1ccc(SCCCNC(=O)CN(c2ccc(Cl)cc2C)S(C)(=O)=O)cc1. The number of sulfonamides is 1. The molecule has 0 spiro atoms. The molecular formula is C20H25ClN2O3S2. The van der Waals surface area contributed by atoms with Crippen LogP contribution in [0.1, 0.15) is 17.5 Å². The van der Waals surface area contributed by atoms with E-state index in [1.807, 2.05) is 0 Å². The van der Waals surface area contributed by atoms with E-state index in [2.05, 4.69) is 36.5 Å². The summed E-state index contributed by atoms with van der Waals surface area (Å²) in [7, 11) is -3.60. The quantitative estimate of drug-likeness (QED) is 0.472. The first-order valence-electron chi connectivity index (χ1n) is 8.87. The van der Waals surface area contributed by atoms with Gasteiger partial charge in [0.25, 0.3) is 0 Å². The van der Waals surface area contributed by atoms with E-state index in [-0.39, 0.29) is 12.5 Å². The molecule has 0 unspecified atom stereocenters. The molecule has 0 heterocycles. The fraction of sp³-hybridized carbons (Fsp3) is 0.350. The third-order valence-corrected chi connectivity index (χ3v) is 6.51. The maximum Gasteiger partial charge on any atom is 0.240 e. The van der Waals surface area contributed by atoms with E-state index in [0.717, 1.165) is 22.7 Å². The Balaban J connectivity index is 1.85. The van der Waals surface area contributed by atoms with Gasteiger partial charge in [-0.15, -0.1) is 11.8 Å². The van der Waals surface area contributed by atoms with Crippen LogP contribution in [0.5, 0.6) is 0 Å². The van der Waals surface area contributed by atoms with Crippen molar-refractivity contribution in [1.82, 2.24) is 5.32 Å². The fourth-order valence-corrected chi connectivity index (χ4v) is 4.58. The number of hydrogen-bond acceptors (Lipinski definition) is 4. The summed E-state index contributed by atoms with van der Waals surface area (Å²) in [5.74, 6) is 0.537. The summed E-state index contributed by atoms with van der Waals surface area (Å²) < 4.78 is 25.4. The highest BCUT2D eigenvalue weighted by molar-refractivity contribution is 7.99. The average molecular weight is 441 g/mol. The van der Waals surface area contributed by atoms with Gasteiger partial charge < -0.3 is 5.32 Å². The van der Waals surface area contributed by atoms with Crippen LogP contribution in [0.15, 0.2) is 47.4 Å². The number of hydrogen-bond donors (Lipinski definition) is 1. The standard InChI is InChI=1S/C20H25ClN2O3S2/c1-15-5-8-18(9-6-15)27-12-4-11-22-20(24)14-23(28(3,25)26)19-10-7-17(21)13-16(19)2/h5-10,13H,4,11-12,14H2,1-3H3,(H,22,24). The fourth-order valence-electron chi connectivity index (χ4n) is 2.59. The lowest BCUT2D eigenvalue weighted by Crippen LogP contribution is -2.41. The van der Waals surface area contributed by atoms with E-state index >= 15 is 0 Å². The lowest BCUT2D eigenvalue weighted by atomic mass is 10.2. The number of amides is 1. The highest BCUT2D eigenvalue weighted by Crippen LogP contribution is 2.25. The van der Waals surface area contributed by atoms with Gasteiger partial charge in [0.05, 0.1) is 11.9 Å². The number of carbonyl (C=O) groups excluding carboxylic acids is 1. The number of aryl methyl sites for hydroxylation is 2. The van der Waals surface area contributed by atoms with Gasteiger partial charge in [0.2, 0.25) is 15.9 Å². The first-order valence-corrected chi connectivity index (χ1v) is 12.1. The van der Waals surface area contributed by atoms with Crippen molar-refractivity contribution < 1.29 is 13.2 Å². The minimum Gasteiger partial charge on any atom is -0.354 e. The molecule has 0 fully saturated rings. The average Bonchev–Trinajstić information content (AvgIpc) is 2.61. The van der Waals surface area contributed by atoms with Crippen molar-refractivity contribution in [3.05, 3.63) is 58.6 Å². The topological polar surface area (TPSA) is 66.5 Å². The highest BCUT2D eigenvalue weighted by Gasteiger charge is 2.22. The summed E-state index contributed by atoms with van der Waals surface area (Å²) in [4.78, 5) is 13.5. The van der Waals surface area contributed by atoms with Crippen LogP contribution < -0.4 is 9.62 Å². The minimum atomic E-state index is -3.60. The lowest BCUT2D eigenvalue weighted by Gasteiger charge is -2.23. The maximum atomic E-state index is 12.3. The normalized spacial score (nSPS) is 11.3. The zero-order valence-corrected chi connectivity index (χ0v) is 18.6. The molecular weight excluding hydrogens is 416 g/mol. The first kappa shape index (κ1) is 22.6. The molecule has 2 rings (SSSR count). The Morgan fingerprint density at radius 3 is 2.43 bits per heavy atom. The van der Waals surface area contributed by atoms with Crippen LogP contribution >= 0.6 is 23.4 Å². The van der Waals surface area contributed by atoms with Crippen molar-refractivity contribution in [2.75, 3.05) is 29.4 Å². The summed E-state index contributed by atoms with van der Waals surface area (Å²) in [6.07, 6.45) is 1.88. The van der Waals surface area contributed by atoms with E-state index in [0.29, 0.717) is 22.8 Å². The molecule has 28 heavy (non-hydrogen) atoms. The largest absolute Gasteiger partial charge is 0.354 e. The van der Waals surface area contributed by atoms with Gasteiger partial charge in [0.1, 0.15) is 6.54 Å². The Morgan fingerprint density at radius 2 is 1.82 bits per heavy atom. The molecule has 1 N–H and O–H groups in total. The smallest absolute Gasteiger partial charge is 0.240 e. The number of thioether (sulfide) groups is 1. The zero-order chi connectivity index (χ0) is 20.7. The Labute approximate surface area is 176 Å². The number of anilines is 1. The van der Waals surface area contributed by atoms with Crippen LogP contribution in [-0.4, -0.2) is 39.4 Å². The molecule has 5 nitrogen and oxygen atoms in total. The van der Waals surface area contributed by atoms with Gasteiger partial charge in [-0.05, 0) is 61.9 Å². The van der Waals surface area contributed by atoms with E-state index in [1.54, 1.807) is 36.9 Å². The molecule has 152 valence electrons. The molecule has 0 aliphatic heterocycles. The van der Waals surface area contributed by atoms with Crippen LogP contribution in [0.3, 0.4) is 0 Å². The molecule has 0 saturated heterocycles. The van der Waals surface area contributed by atoms with Gasteiger partial charge in [-0.2, -0.15) is 0 Å². The third kappa shape index (κ3) is 7.04. The highest BCUT2D eigenvalue weighted by atomic mass is 35.5. The second-order valence-electron chi connectivity index (χ2n) is 6.57. The summed E-state index contributed by atoms with van der Waals surface area (Å²) in [6, 6.07) is 13.2. The first-order chi connectivity index (χ1) is 13.2. The van der Waals surface area contributed by atoms with Gasteiger partial charge in [-0.25, -0.2) is 8.42 Å². The third-order valence-electron chi connectivity index (χ3n) is 4.05. The van der Waals surface area contributed by atoms with Crippen molar-refractivity contribution in [2.45, 2.75) is 25.2 Å². The second kappa shape index (κ2) is 10.2. The van der Waals surface area contributed by atoms with Crippen molar-refractivity contribution in [3.63, 3.8) is 0 Å². The van der Waals surface area contributed by atoms with Crippen LogP contribution in [0.25, 0.3) is 0 Å². The van der Waals surface area contributed by atoms with Crippen molar-refractivity contribution in [1.29, 1.82) is 0 Å². The zero-order valence-electron chi connectivity index (χ0n) is 16.2. The number of nitrogens with one attached hydrogen (secondary N) is 1. The Hall–Kier alpha value is -1.70. The predicted octanol–water partition coefficient (Wildman–Crippen LogP) is 4.02. The van der Waals surface area contributed by atoms with Crippen molar-refractivity contribution >= 4 is 45.0 Å². The summed E-state index contributed by atoms with van der Waals surface area (Å²) >= 11 is 7.67. The van der Waals surface area contributed by atoms with Gasteiger partial charge in [0.15, 0.2) is 0 Å². The van der Waals surface area contributed by atoms with Crippen molar-refractivity contribution in [3.8, 4) is 0 Å². The van der Waals surface area contributed by atoms with Gasteiger partial charge >= 0.3 is 0 Å². The predicted molar refractivity (Wildman–Crippen MR) is 118 cm³/mol. The summed E-state index contributed by atoms with van der Waals surface area (Å²) in [5, 5.41) is 3.32. The minimum absolute atomic E-state index is 0.258. The lowest BCUT2D eigenvalue weighted by molar-refractivity contribution is -0.119. The number of nitrogens with zero attached hydrogens (tertiary/aromatic N) is 1. The van der Waals surface area contributed by atoms with E-state index in [4.69, 9.17) is 11.6 Å². The van der Waals surface area contributed by atoms with Crippen LogP contribution in [0, 0.1) is 13.8 Å². The van der Waals surface area contributed by atoms with E-state index < -0.39 is 10.0 Å².